The third-order valence-electron chi connectivity index (χ3n) is 1.90. The lowest BCUT2D eigenvalue weighted by Gasteiger charge is -2.07. The first-order valence-electron chi connectivity index (χ1n) is 5.46. The molecule has 0 aromatic heterocycles. The maximum absolute atomic E-state index is 11.1. The second kappa shape index (κ2) is 12.4. The Morgan fingerprint density at radius 3 is 2.50 bits per heavy atom. The molecule has 0 atom stereocenters. The smallest absolute Gasteiger partial charge is 0.255 e. The zero-order valence-corrected chi connectivity index (χ0v) is 11.2. The van der Waals surface area contributed by atoms with E-state index in [1.165, 1.54) is 0 Å². The van der Waals surface area contributed by atoms with Crippen molar-refractivity contribution in [3.8, 4) is 0 Å². The van der Waals surface area contributed by atoms with Crippen molar-refractivity contribution in [2.45, 2.75) is 32.6 Å². The molecule has 0 saturated carbocycles. The van der Waals surface area contributed by atoms with Crippen molar-refractivity contribution in [1.82, 2.24) is 4.90 Å². The monoisotopic (exact) mass is 247 g/mol. The lowest BCUT2D eigenvalue weighted by Crippen LogP contribution is -2.12. The van der Waals surface area contributed by atoms with Gasteiger partial charge in [-0.2, -0.15) is 0 Å². The summed E-state index contributed by atoms with van der Waals surface area (Å²) in [5, 5.41) is 0. The molecule has 0 N–H and O–H groups in total. The number of carbonyl (C=O) groups excluding carboxylic acids is 1. The standard InChI is InChI=1S/C11H21N3O.ClH/c1-4-12-10-13-11(15)8-6-5-7-9-14(2)3;/h4-9H2,1-3H3;1H. The van der Waals surface area contributed by atoms with Crippen molar-refractivity contribution < 1.29 is 4.79 Å². The Labute approximate surface area is 104 Å². The van der Waals surface area contributed by atoms with Gasteiger partial charge >= 0.3 is 0 Å². The fourth-order valence-corrected chi connectivity index (χ4v) is 1.10. The van der Waals surface area contributed by atoms with Crippen molar-refractivity contribution in [3.63, 3.8) is 0 Å². The molecule has 0 radical (unpaired) electrons. The molecular weight excluding hydrogens is 226 g/mol. The molecule has 5 heteroatoms. The van der Waals surface area contributed by atoms with Crippen LogP contribution in [-0.2, 0) is 4.79 Å². The zero-order valence-electron chi connectivity index (χ0n) is 10.4. The highest BCUT2D eigenvalue weighted by Gasteiger charge is 1.98. The fourth-order valence-electron chi connectivity index (χ4n) is 1.10. The number of halogens is 1. The first-order chi connectivity index (χ1) is 7.16. The van der Waals surface area contributed by atoms with Crippen LogP contribution in [0.25, 0.3) is 0 Å². The van der Waals surface area contributed by atoms with Crippen molar-refractivity contribution in [2.24, 2.45) is 9.98 Å². The Kier molecular flexibility index (Phi) is 13.7. The fraction of sp³-hybridized carbons (Fsp3) is 0.818. The summed E-state index contributed by atoms with van der Waals surface area (Å²) in [4.78, 5) is 20.6. The molecule has 0 bridgehead atoms. The third kappa shape index (κ3) is 13.3. The van der Waals surface area contributed by atoms with Crippen LogP contribution >= 0.6 is 12.4 Å². The molecule has 0 heterocycles. The van der Waals surface area contributed by atoms with Crippen LogP contribution in [-0.4, -0.2) is 44.0 Å². The molecule has 0 spiro atoms. The zero-order chi connectivity index (χ0) is 11.5. The summed E-state index contributed by atoms with van der Waals surface area (Å²) in [5.41, 5.74) is 0. The molecule has 0 aliphatic carbocycles. The molecule has 16 heavy (non-hydrogen) atoms. The van der Waals surface area contributed by atoms with Crippen molar-refractivity contribution in [1.29, 1.82) is 0 Å². The normalized spacial score (nSPS) is 9.25. The molecule has 0 aromatic rings. The minimum atomic E-state index is -0.114. The number of rotatable bonds is 7. The molecule has 0 aliphatic heterocycles. The van der Waals surface area contributed by atoms with E-state index in [-0.39, 0.29) is 18.3 Å². The Balaban J connectivity index is 0. The second-order valence-corrected chi connectivity index (χ2v) is 3.69. The van der Waals surface area contributed by atoms with Crippen molar-refractivity contribution in [3.05, 3.63) is 0 Å². The Bertz CT molecular complexity index is 235. The summed E-state index contributed by atoms with van der Waals surface area (Å²) >= 11 is 0. The number of hydrogen-bond donors (Lipinski definition) is 0. The van der Waals surface area contributed by atoms with Crippen molar-refractivity contribution >= 4 is 24.3 Å². The van der Waals surface area contributed by atoms with E-state index in [1.807, 2.05) is 6.92 Å². The van der Waals surface area contributed by atoms with E-state index in [9.17, 15) is 4.79 Å². The Morgan fingerprint density at radius 1 is 1.25 bits per heavy atom. The number of amides is 1. The first-order valence-corrected chi connectivity index (χ1v) is 5.46. The first kappa shape index (κ1) is 17.7. The van der Waals surface area contributed by atoms with Gasteiger partial charge < -0.3 is 4.90 Å². The summed E-state index contributed by atoms with van der Waals surface area (Å²) in [7, 11) is 4.10. The number of aliphatic imine (C=N–C) groups is 2. The van der Waals surface area contributed by atoms with Crippen LogP contribution in [0.4, 0.5) is 0 Å². The largest absolute Gasteiger partial charge is 0.309 e. The van der Waals surface area contributed by atoms with Gasteiger partial charge in [0.1, 0.15) is 0 Å². The summed E-state index contributed by atoms with van der Waals surface area (Å²) in [6, 6.07) is 2.39. The van der Waals surface area contributed by atoms with Gasteiger partial charge in [-0.05, 0) is 40.4 Å². The minimum Gasteiger partial charge on any atom is -0.309 e. The highest BCUT2D eigenvalue weighted by atomic mass is 35.5. The van der Waals surface area contributed by atoms with E-state index in [2.05, 4.69) is 35.0 Å². The molecule has 4 nitrogen and oxygen atoms in total. The summed E-state index contributed by atoms with van der Waals surface area (Å²) in [6.45, 7) is 3.59. The van der Waals surface area contributed by atoms with Gasteiger partial charge in [-0.3, -0.25) is 4.79 Å². The van der Waals surface area contributed by atoms with Gasteiger partial charge in [0, 0.05) is 13.0 Å². The van der Waals surface area contributed by atoms with E-state index in [1.54, 1.807) is 0 Å². The summed E-state index contributed by atoms with van der Waals surface area (Å²) in [6.07, 6.45) is 3.63. The minimum absolute atomic E-state index is 0. The molecule has 0 unspecified atom stereocenters. The Hall–Kier alpha value is -0.700. The van der Waals surface area contributed by atoms with Crippen LogP contribution in [0.3, 0.4) is 0 Å². The Morgan fingerprint density at radius 2 is 1.94 bits per heavy atom. The third-order valence-corrected chi connectivity index (χ3v) is 1.90. The van der Waals surface area contributed by atoms with Gasteiger partial charge in [0.15, 0.2) is 0 Å². The maximum Gasteiger partial charge on any atom is 0.255 e. The average Bonchev–Trinajstić information content (AvgIpc) is 2.17. The molecule has 0 aliphatic rings. The van der Waals surface area contributed by atoms with Gasteiger partial charge in [0.2, 0.25) is 0 Å². The maximum atomic E-state index is 11.1. The highest BCUT2D eigenvalue weighted by molar-refractivity contribution is 5.85. The van der Waals surface area contributed by atoms with Gasteiger partial charge in [0.25, 0.3) is 5.91 Å². The molecule has 0 fully saturated rings. The van der Waals surface area contributed by atoms with Crippen LogP contribution in [0, 0.1) is 0 Å². The van der Waals surface area contributed by atoms with Crippen LogP contribution in [0.1, 0.15) is 32.6 Å². The quantitative estimate of drug-likeness (QED) is 0.512. The van der Waals surface area contributed by atoms with Gasteiger partial charge in [-0.1, -0.05) is 6.42 Å². The lowest BCUT2D eigenvalue weighted by molar-refractivity contribution is -0.117. The topological polar surface area (TPSA) is 45.0 Å². The summed E-state index contributed by atoms with van der Waals surface area (Å²) in [5.74, 6) is -0.114. The predicted octanol–water partition coefficient (Wildman–Crippen LogP) is 2.25. The molecule has 1 amide bonds. The molecular formula is C11H22ClN3O. The molecule has 0 rings (SSSR count). The van der Waals surface area contributed by atoms with Gasteiger partial charge in [-0.25, -0.2) is 4.99 Å². The van der Waals surface area contributed by atoms with Gasteiger partial charge in [-0.15, -0.1) is 17.4 Å². The lowest BCUT2D eigenvalue weighted by atomic mass is 10.2. The number of nitrogens with zero attached hydrogens (tertiary/aromatic N) is 3. The molecule has 0 aromatic carbocycles. The van der Waals surface area contributed by atoms with E-state index in [0.29, 0.717) is 13.0 Å². The second-order valence-electron chi connectivity index (χ2n) is 3.69. The number of carbonyl (C=O) groups is 1. The highest BCUT2D eigenvalue weighted by Crippen LogP contribution is 2.01. The van der Waals surface area contributed by atoms with E-state index in [4.69, 9.17) is 0 Å². The average molecular weight is 248 g/mol. The van der Waals surface area contributed by atoms with Crippen LogP contribution in [0.15, 0.2) is 9.98 Å². The van der Waals surface area contributed by atoms with E-state index >= 15 is 0 Å². The molecule has 94 valence electrons. The predicted molar refractivity (Wildman–Crippen MR) is 69.7 cm³/mol. The van der Waals surface area contributed by atoms with Crippen molar-refractivity contribution in [2.75, 3.05) is 27.2 Å². The van der Waals surface area contributed by atoms with E-state index in [0.717, 1.165) is 25.8 Å². The van der Waals surface area contributed by atoms with Gasteiger partial charge in [0.05, 0.1) is 6.01 Å². The van der Waals surface area contributed by atoms with Crippen LogP contribution in [0.5, 0.6) is 0 Å². The van der Waals surface area contributed by atoms with Crippen LogP contribution in [0.2, 0.25) is 0 Å². The number of hydrogen-bond acceptors (Lipinski definition) is 3. The molecule has 0 saturated heterocycles. The summed E-state index contributed by atoms with van der Waals surface area (Å²) < 4.78 is 0. The van der Waals surface area contributed by atoms with Crippen LogP contribution < -0.4 is 0 Å². The number of unbranched alkanes of at least 4 members (excludes halogenated alkanes) is 2. The SMILES string of the molecule is CCN=C=NC(=O)CCCCCN(C)C.Cl. The van der Waals surface area contributed by atoms with E-state index < -0.39 is 0 Å².